The molecule has 0 amide bonds. The van der Waals surface area contributed by atoms with Crippen molar-refractivity contribution in [2.45, 2.75) is 32.7 Å². The molecule has 0 rings (SSSR count). The van der Waals surface area contributed by atoms with E-state index in [0.29, 0.717) is 0 Å². The Labute approximate surface area is 102 Å². The maximum Gasteiger partial charge on any atom is 0.372 e. The molecule has 0 unspecified atom stereocenters. The van der Waals surface area contributed by atoms with Crippen LogP contribution in [0, 0.1) is 0 Å². The standard InChI is InChI=1S/C9H13NO8/c1-5(11)15-17-8(13)4-3-7(10)9(14)18-16-6(2)12/h7H,3-4,10H2,1-2H3/t7-/m0/s1. The lowest BCUT2D eigenvalue weighted by molar-refractivity contribution is -0.259. The molecule has 0 aliphatic heterocycles. The first kappa shape index (κ1) is 15.8. The van der Waals surface area contributed by atoms with Gasteiger partial charge in [-0.3, -0.25) is 0 Å². The van der Waals surface area contributed by atoms with Crippen LogP contribution in [0.5, 0.6) is 0 Å². The van der Waals surface area contributed by atoms with Crippen molar-refractivity contribution in [3.05, 3.63) is 0 Å². The van der Waals surface area contributed by atoms with Gasteiger partial charge in [0.1, 0.15) is 6.04 Å². The number of hydrogen-bond donors (Lipinski definition) is 1. The van der Waals surface area contributed by atoms with Crippen molar-refractivity contribution >= 4 is 23.9 Å². The lowest BCUT2D eigenvalue weighted by atomic mass is 10.2. The van der Waals surface area contributed by atoms with E-state index in [1.54, 1.807) is 0 Å². The normalized spacial score (nSPS) is 11.1. The van der Waals surface area contributed by atoms with Crippen LogP contribution in [-0.2, 0) is 38.7 Å². The molecule has 9 heteroatoms. The fourth-order valence-corrected chi connectivity index (χ4v) is 0.700. The van der Waals surface area contributed by atoms with Crippen molar-refractivity contribution in [3.8, 4) is 0 Å². The molecule has 0 fully saturated rings. The maximum atomic E-state index is 11.1. The van der Waals surface area contributed by atoms with Gasteiger partial charge >= 0.3 is 23.9 Å². The molecule has 18 heavy (non-hydrogen) atoms. The zero-order chi connectivity index (χ0) is 14.1. The summed E-state index contributed by atoms with van der Waals surface area (Å²) in [6.07, 6.45) is -0.399. The summed E-state index contributed by atoms with van der Waals surface area (Å²) in [6, 6.07) is -1.17. The van der Waals surface area contributed by atoms with E-state index in [-0.39, 0.29) is 12.8 Å². The monoisotopic (exact) mass is 263 g/mol. The molecule has 0 aliphatic rings. The van der Waals surface area contributed by atoms with Gasteiger partial charge in [0.25, 0.3) is 0 Å². The number of rotatable bonds is 4. The van der Waals surface area contributed by atoms with E-state index in [4.69, 9.17) is 5.73 Å². The Bertz CT molecular complexity index is 339. The van der Waals surface area contributed by atoms with Crippen LogP contribution in [0.2, 0.25) is 0 Å². The van der Waals surface area contributed by atoms with E-state index in [1.807, 2.05) is 0 Å². The molecule has 0 aromatic heterocycles. The highest BCUT2D eigenvalue weighted by molar-refractivity contribution is 5.77. The molecule has 0 saturated heterocycles. The van der Waals surface area contributed by atoms with Gasteiger partial charge in [-0.1, -0.05) is 0 Å². The summed E-state index contributed by atoms with van der Waals surface area (Å²) in [5.41, 5.74) is 5.33. The average Bonchev–Trinajstić information content (AvgIpc) is 2.30. The van der Waals surface area contributed by atoms with Crippen LogP contribution in [0.3, 0.4) is 0 Å². The van der Waals surface area contributed by atoms with E-state index < -0.39 is 29.9 Å². The molecule has 0 heterocycles. The molecule has 0 aromatic rings. The van der Waals surface area contributed by atoms with Gasteiger partial charge in [0, 0.05) is 13.8 Å². The number of nitrogens with two attached hydrogens (primary N) is 1. The molecule has 102 valence electrons. The summed E-state index contributed by atoms with van der Waals surface area (Å²) in [4.78, 5) is 58.6. The Morgan fingerprint density at radius 1 is 0.944 bits per heavy atom. The molecule has 0 saturated carbocycles. The molecule has 0 aliphatic carbocycles. The Hall–Kier alpha value is -2.16. The summed E-state index contributed by atoms with van der Waals surface area (Å²) < 4.78 is 0. The van der Waals surface area contributed by atoms with E-state index in [1.165, 1.54) is 0 Å². The van der Waals surface area contributed by atoms with Crippen LogP contribution in [0.1, 0.15) is 26.7 Å². The summed E-state index contributed by atoms with van der Waals surface area (Å²) in [5, 5.41) is 0. The zero-order valence-electron chi connectivity index (χ0n) is 9.83. The Morgan fingerprint density at radius 3 is 1.94 bits per heavy atom. The quantitative estimate of drug-likeness (QED) is 0.508. The number of hydrogen-bond acceptors (Lipinski definition) is 9. The third-order valence-electron chi connectivity index (χ3n) is 1.46. The lowest BCUT2D eigenvalue weighted by Gasteiger charge is -2.08. The van der Waals surface area contributed by atoms with E-state index in [2.05, 4.69) is 19.6 Å². The molecule has 0 radical (unpaired) electrons. The van der Waals surface area contributed by atoms with Crippen molar-refractivity contribution in [1.82, 2.24) is 0 Å². The average molecular weight is 263 g/mol. The first-order valence-corrected chi connectivity index (χ1v) is 4.85. The van der Waals surface area contributed by atoms with Crippen molar-refractivity contribution in [3.63, 3.8) is 0 Å². The predicted molar refractivity (Wildman–Crippen MR) is 52.9 cm³/mol. The van der Waals surface area contributed by atoms with Crippen LogP contribution in [-0.4, -0.2) is 29.9 Å². The fourth-order valence-electron chi connectivity index (χ4n) is 0.700. The van der Waals surface area contributed by atoms with Crippen LogP contribution < -0.4 is 5.73 Å². The van der Waals surface area contributed by atoms with Gasteiger partial charge in [-0.2, -0.15) is 0 Å². The lowest BCUT2D eigenvalue weighted by Crippen LogP contribution is -2.33. The van der Waals surface area contributed by atoms with Crippen molar-refractivity contribution in [2.75, 3.05) is 0 Å². The summed E-state index contributed by atoms with van der Waals surface area (Å²) >= 11 is 0. The SMILES string of the molecule is CC(=O)OOC(=O)CC[C@H](N)C(=O)OOC(C)=O. The van der Waals surface area contributed by atoms with Gasteiger partial charge in [-0.05, 0) is 6.42 Å². The van der Waals surface area contributed by atoms with E-state index in [0.717, 1.165) is 13.8 Å². The van der Waals surface area contributed by atoms with E-state index >= 15 is 0 Å². The molecular formula is C9H13NO8. The molecule has 9 nitrogen and oxygen atoms in total. The minimum absolute atomic E-state index is 0.125. The molecule has 1 atom stereocenters. The molecular weight excluding hydrogens is 250 g/mol. The maximum absolute atomic E-state index is 11.1. The van der Waals surface area contributed by atoms with Gasteiger partial charge in [-0.25, -0.2) is 38.7 Å². The first-order valence-electron chi connectivity index (χ1n) is 4.85. The van der Waals surface area contributed by atoms with Gasteiger partial charge in [0.15, 0.2) is 0 Å². The fraction of sp³-hybridized carbons (Fsp3) is 0.556. The van der Waals surface area contributed by atoms with Gasteiger partial charge in [0.2, 0.25) is 0 Å². The minimum atomic E-state index is -1.17. The Morgan fingerprint density at radius 2 is 1.44 bits per heavy atom. The van der Waals surface area contributed by atoms with Crippen LogP contribution in [0.4, 0.5) is 0 Å². The predicted octanol–water partition coefficient (Wildman–Crippen LogP) is -0.863. The minimum Gasteiger partial charge on any atom is -0.318 e. The molecule has 0 aromatic carbocycles. The van der Waals surface area contributed by atoms with Gasteiger partial charge in [0.05, 0.1) is 6.42 Å². The number of carbonyl (C=O) groups excluding carboxylic acids is 4. The highest BCUT2D eigenvalue weighted by Crippen LogP contribution is 2.00. The Balaban J connectivity index is 3.84. The smallest absolute Gasteiger partial charge is 0.318 e. The number of carbonyl (C=O) groups is 4. The van der Waals surface area contributed by atoms with Crippen LogP contribution >= 0.6 is 0 Å². The largest absolute Gasteiger partial charge is 0.372 e. The summed E-state index contributed by atoms with van der Waals surface area (Å²) in [7, 11) is 0. The zero-order valence-corrected chi connectivity index (χ0v) is 9.83. The molecule has 0 spiro atoms. The van der Waals surface area contributed by atoms with Crippen molar-refractivity contribution in [1.29, 1.82) is 0 Å². The molecule has 2 N–H and O–H groups in total. The molecule has 0 bridgehead atoms. The second-order valence-electron chi connectivity index (χ2n) is 3.15. The third kappa shape index (κ3) is 8.05. The van der Waals surface area contributed by atoms with Gasteiger partial charge < -0.3 is 5.73 Å². The second kappa shape index (κ2) is 8.01. The van der Waals surface area contributed by atoms with E-state index in [9.17, 15) is 19.2 Å². The van der Waals surface area contributed by atoms with Crippen molar-refractivity contribution in [2.24, 2.45) is 5.73 Å². The highest BCUT2D eigenvalue weighted by Gasteiger charge is 2.20. The van der Waals surface area contributed by atoms with Crippen LogP contribution in [0.25, 0.3) is 0 Å². The highest BCUT2D eigenvalue weighted by atomic mass is 17.2. The summed E-state index contributed by atoms with van der Waals surface area (Å²) in [6.45, 7) is 2.09. The second-order valence-corrected chi connectivity index (χ2v) is 3.15. The van der Waals surface area contributed by atoms with Crippen molar-refractivity contribution < 1.29 is 38.7 Å². The third-order valence-corrected chi connectivity index (χ3v) is 1.46. The summed E-state index contributed by atoms with van der Waals surface area (Å²) in [5.74, 6) is -3.49. The Kier molecular flexibility index (Phi) is 7.05. The van der Waals surface area contributed by atoms with Gasteiger partial charge in [-0.15, -0.1) is 0 Å². The topological polar surface area (TPSA) is 131 Å². The first-order chi connectivity index (χ1) is 8.32. The van der Waals surface area contributed by atoms with Crippen LogP contribution in [0.15, 0.2) is 0 Å².